The smallest absolute Gasteiger partial charge is 0.150 e. The predicted octanol–water partition coefficient (Wildman–Crippen LogP) is 3.84. The highest BCUT2D eigenvalue weighted by Crippen LogP contribution is 2.30. The van der Waals surface area contributed by atoms with E-state index in [1.54, 1.807) is 23.1 Å². The Hall–Kier alpha value is -0.780. The summed E-state index contributed by atoms with van der Waals surface area (Å²) in [6, 6.07) is 6.25. The summed E-state index contributed by atoms with van der Waals surface area (Å²) in [6.45, 7) is 5.18. The van der Waals surface area contributed by atoms with Crippen molar-refractivity contribution in [3.05, 3.63) is 18.2 Å². The van der Waals surface area contributed by atoms with Gasteiger partial charge in [0.05, 0.1) is 16.8 Å². The van der Waals surface area contributed by atoms with Crippen LogP contribution in [0.25, 0.3) is 10.2 Å². The molecule has 0 aliphatic carbocycles. The third kappa shape index (κ3) is 3.41. The fourth-order valence-electron chi connectivity index (χ4n) is 1.71. The largest absolute Gasteiger partial charge is 0.396 e. The number of aromatic nitrogens is 1. The summed E-state index contributed by atoms with van der Waals surface area (Å²) in [4.78, 5) is 4.53. The van der Waals surface area contributed by atoms with E-state index in [2.05, 4.69) is 42.3 Å². The monoisotopic (exact) mass is 296 g/mol. The first-order valence-electron chi connectivity index (χ1n) is 6.39. The number of aliphatic hydroxyl groups excluding tert-OH is 1. The molecule has 1 atom stereocenters. The maximum atomic E-state index is 9.42. The summed E-state index contributed by atoms with van der Waals surface area (Å²) in [6.07, 6.45) is 3.00. The van der Waals surface area contributed by atoms with Crippen molar-refractivity contribution in [3.63, 3.8) is 0 Å². The summed E-state index contributed by atoms with van der Waals surface area (Å²) in [5.41, 5.74) is 2.09. The molecule has 0 aliphatic heterocycles. The molecule has 3 nitrogen and oxygen atoms in total. The first-order chi connectivity index (χ1) is 9.10. The van der Waals surface area contributed by atoms with Gasteiger partial charge in [0.1, 0.15) is 0 Å². The molecule has 0 aliphatic rings. The second kappa shape index (κ2) is 6.11. The van der Waals surface area contributed by atoms with Crippen LogP contribution in [0.2, 0.25) is 0 Å². The fourth-order valence-corrected chi connectivity index (χ4v) is 3.24. The Labute approximate surface area is 122 Å². The van der Waals surface area contributed by atoms with E-state index in [4.69, 9.17) is 0 Å². The van der Waals surface area contributed by atoms with Gasteiger partial charge in [-0.3, -0.25) is 0 Å². The number of fused-ring (bicyclic) bond motifs is 1. The number of hydrogen-bond acceptors (Lipinski definition) is 5. The van der Waals surface area contributed by atoms with Crippen LogP contribution in [-0.4, -0.2) is 29.5 Å². The topological polar surface area (TPSA) is 45.1 Å². The quantitative estimate of drug-likeness (QED) is 0.795. The molecule has 0 amide bonds. The van der Waals surface area contributed by atoms with Crippen LogP contribution in [0.3, 0.4) is 0 Å². The third-order valence-corrected chi connectivity index (χ3v) is 5.50. The van der Waals surface area contributed by atoms with Crippen molar-refractivity contribution in [1.82, 2.24) is 4.98 Å². The zero-order chi connectivity index (χ0) is 13.9. The van der Waals surface area contributed by atoms with E-state index in [-0.39, 0.29) is 12.0 Å². The number of anilines is 1. The molecule has 1 heterocycles. The molecule has 104 valence electrons. The molecule has 0 fully saturated rings. The zero-order valence-corrected chi connectivity index (χ0v) is 13.2. The number of benzene rings is 1. The van der Waals surface area contributed by atoms with E-state index in [0.717, 1.165) is 28.5 Å². The lowest BCUT2D eigenvalue weighted by Crippen LogP contribution is -2.29. The molecule has 2 N–H and O–H groups in total. The van der Waals surface area contributed by atoms with Crippen molar-refractivity contribution < 1.29 is 5.11 Å². The second-order valence-electron chi connectivity index (χ2n) is 5.04. The Balaban J connectivity index is 2.13. The summed E-state index contributed by atoms with van der Waals surface area (Å²) < 4.78 is 2.30. The Morgan fingerprint density at radius 1 is 1.47 bits per heavy atom. The van der Waals surface area contributed by atoms with Crippen LogP contribution < -0.4 is 5.32 Å². The average Bonchev–Trinajstić information content (AvgIpc) is 2.87. The first-order valence-corrected chi connectivity index (χ1v) is 8.43. The van der Waals surface area contributed by atoms with Crippen molar-refractivity contribution in [1.29, 1.82) is 0 Å². The SMILES string of the molecule is CCC(C)(CO)CNc1ccc2nc(SC)sc2c1. The molecule has 2 rings (SSSR count). The molecule has 1 aromatic heterocycles. The van der Waals surface area contributed by atoms with Gasteiger partial charge in [-0.15, -0.1) is 11.3 Å². The lowest BCUT2D eigenvalue weighted by Gasteiger charge is -2.26. The Morgan fingerprint density at radius 2 is 2.26 bits per heavy atom. The normalized spacial score (nSPS) is 14.5. The molecule has 2 aromatic rings. The fraction of sp³-hybridized carbons (Fsp3) is 0.500. The van der Waals surface area contributed by atoms with Crippen LogP contribution in [-0.2, 0) is 0 Å². The van der Waals surface area contributed by atoms with Crippen LogP contribution in [0.1, 0.15) is 20.3 Å². The molecule has 0 bridgehead atoms. The molecule has 0 spiro atoms. The highest BCUT2D eigenvalue weighted by atomic mass is 32.2. The van der Waals surface area contributed by atoms with Gasteiger partial charge in [0.15, 0.2) is 4.34 Å². The summed E-state index contributed by atoms with van der Waals surface area (Å²) in [5, 5.41) is 12.8. The minimum absolute atomic E-state index is 0.0624. The van der Waals surface area contributed by atoms with E-state index in [1.807, 2.05) is 6.26 Å². The number of nitrogens with zero attached hydrogens (tertiary/aromatic N) is 1. The molecule has 0 saturated carbocycles. The Morgan fingerprint density at radius 3 is 2.89 bits per heavy atom. The Kier molecular flexibility index (Phi) is 4.71. The number of thiazole rings is 1. The van der Waals surface area contributed by atoms with Gasteiger partial charge in [-0.25, -0.2) is 4.98 Å². The molecule has 0 radical (unpaired) electrons. The predicted molar refractivity (Wildman–Crippen MR) is 85.4 cm³/mol. The van der Waals surface area contributed by atoms with Crippen LogP contribution in [0.4, 0.5) is 5.69 Å². The van der Waals surface area contributed by atoms with Gasteiger partial charge >= 0.3 is 0 Å². The van der Waals surface area contributed by atoms with E-state index < -0.39 is 0 Å². The molecular weight excluding hydrogens is 276 g/mol. The lowest BCUT2D eigenvalue weighted by atomic mass is 9.88. The average molecular weight is 296 g/mol. The van der Waals surface area contributed by atoms with E-state index in [9.17, 15) is 5.11 Å². The van der Waals surface area contributed by atoms with E-state index >= 15 is 0 Å². The van der Waals surface area contributed by atoms with Gasteiger partial charge in [0.25, 0.3) is 0 Å². The highest BCUT2D eigenvalue weighted by molar-refractivity contribution is 8.00. The highest BCUT2D eigenvalue weighted by Gasteiger charge is 2.20. The number of aliphatic hydroxyl groups is 1. The van der Waals surface area contributed by atoms with Crippen molar-refractivity contribution in [2.75, 3.05) is 24.7 Å². The van der Waals surface area contributed by atoms with Crippen molar-refractivity contribution >= 4 is 39.0 Å². The molecule has 1 aromatic carbocycles. The molecular formula is C14H20N2OS2. The van der Waals surface area contributed by atoms with Gasteiger partial charge < -0.3 is 10.4 Å². The van der Waals surface area contributed by atoms with Gasteiger partial charge in [0.2, 0.25) is 0 Å². The van der Waals surface area contributed by atoms with Gasteiger partial charge in [-0.05, 0) is 30.9 Å². The summed E-state index contributed by atoms with van der Waals surface area (Å²) >= 11 is 3.40. The Bertz CT molecular complexity index is 549. The van der Waals surface area contributed by atoms with Crippen LogP contribution in [0, 0.1) is 5.41 Å². The second-order valence-corrected chi connectivity index (χ2v) is 7.13. The van der Waals surface area contributed by atoms with Crippen molar-refractivity contribution in [2.45, 2.75) is 24.6 Å². The third-order valence-electron chi connectivity index (χ3n) is 3.50. The maximum absolute atomic E-state index is 9.42. The zero-order valence-electron chi connectivity index (χ0n) is 11.6. The van der Waals surface area contributed by atoms with E-state index in [1.165, 1.54) is 4.70 Å². The van der Waals surface area contributed by atoms with Crippen LogP contribution >= 0.6 is 23.1 Å². The number of thioether (sulfide) groups is 1. The van der Waals surface area contributed by atoms with Crippen LogP contribution in [0.5, 0.6) is 0 Å². The summed E-state index contributed by atoms with van der Waals surface area (Å²) in [5.74, 6) is 0. The molecule has 19 heavy (non-hydrogen) atoms. The van der Waals surface area contributed by atoms with Crippen molar-refractivity contribution in [3.8, 4) is 0 Å². The van der Waals surface area contributed by atoms with Gasteiger partial charge in [0, 0.05) is 17.6 Å². The number of hydrogen-bond donors (Lipinski definition) is 2. The molecule has 1 unspecified atom stereocenters. The van der Waals surface area contributed by atoms with Crippen LogP contribution in [0.15, 0.2) is 22.5 Å². The molecule has 5 heteroatoms. The first kappa shape index (κ1) is 14.6. The number of nitrogens with one attached hydrogen (secondary N) is 1. The number of rotatable bonds is 6. The minimum atomic E-state index is -0.0624. The van der Waals surface area contributed by atoms with Crippen molar-refractivity contribution in [2.24, 2.45) is 5.41 Å². The standard InChI is InChI=1S/C14H20N2OS2/c1-4-14(2,9-17)8-15-10-5-6-11-12(7-10)19-13(16-11)18-3/h5-7,15,17H,4,8-9H2,1-3H3. The van der Waals surface area contributed by atoms with Gasteiger partial charge in [-0.2, -0.15) is 0 Å². The van der Waals surface area contributed by atoms with Gasteiger partial charge in [-0.1, -0.05) is 25.6 Å². The summed E-state index contributed by atoms with van der Waals surface area (Å²) in [7, 11) is 0. The minimum Gasteiger partial charge on any atom is -0.396 e. The lowest BCUT2D eigenvalue weighted by molar-refractivity contribution is 0.149. The van der Waals surface area contributed by atoms with E-state index in [0.29, 0.717) is 0 Å². The maximum Gasteiger partial charge on any atom is 0.150 e. The molecule has 0 saturated heterocycles.